The van der Waals surface area contributed by atoms with E-state index in [0.717, 1.165) is 48.9 Å². The van der Waals surface area contributed by atoms with Crippen LogP contribution in [-0.2, 0) is 4.74 Å². The Morgan fingerprint density at radius 1 is 0.824 bits per heavy atom. The zero-order valence-electron chi connectivity index (χ0n) is 19.2. The second-order valence-corrected chi connectivity index (χ2v) is 8.70. The Hall–Kier alpha value is -3.76. The Labute approximate surface area is 200 Å². The lowest BCUT2D eigenvalue weighted by atomic mass is 9.88. The van der Waals surface area contributed by atoms with Crippen LogP contribution in [0, 0.1) is 0 Å². The third-order valence-electron chi connectivity index (χ3n) is 6.73. The van der Waals surface area contributed by atoms with Gasteiger partial charge in [0.25, 0.3) is 0 Å². The fraction of sp³-hybridized carbons (Fsp3) is 0.200. The Kier molecular flexibility index (Phi) is 5.44. The number of rotatable bonds is 4. The third kappa shape index (κ3) is 3.80. The Morgan fingerprint density at radius 2 is 1.59 bits per heavy atom. The molecular weight excluding hydrogens is 422 g/mol. The normalized spacial score (nSPS) is 17.6. The maximum Gasteiger partial charge on any atom is 0.143 e. The van der Waals surface area contributed by atoms with Crippen LogP contribution in [0.15, 0.2) is 91.0 Å². The average Bonchev–Trinajstić information content (AvgIpc) is 2.93. The van der Waals surface area contributed by atoms with Crippen LogP contribution in [0.5, 0.6) is 11.5 Å². The predicted octanol–water partition coefficient (Wildman–Crippen LogP) is 6.25. The molecule has 4 heteroatoms. The molecule has 2 aliphatic rings. The fourth-order valence-electron chi connectivity index (χ4n) is 4.90. The summed E-state index contributed by atoms with van der Waals surface area (Å²) < 4.78 is 17.4. The molecule has 2 heterocycles. The number of hydrogen-bond donors (Lipinski definition) is 0. The first-order chi connectivity index (χ1) is 16.8. The molecule has 4 aromatic rings. The summed E-state index contributed by atoms with van der Waals surface area (Å²) in [7, 11) is 1.69. The van der Waals surface area contributed by atoms with Gasteiger partial charge in [0.15, 0.2) is 0 Å². The highest BCUT2D eigenvalue weighted by atomic mass is 16.5. The second-order valence-electron chi connectivity index (χ2n) is 8.70. The molecule has 0 bridgehead atoms. The smallest absolute Gasteiger partial charge is 0.143 e. The first kappa shape index (κ1) is 20.8. The van der Waals surface area contributed by atoms with Crippen LogP contribution in [0.2, 0.25) is 0 Å². The molecule has 170 valence electrons. The summed E-state index contributed by atoms with van der Waals surface area (Å²) >= 11 is 0. The first-order valence-corrected chi connectivity index (χ1v) is 11.8. The van der Waals surface area contributed by atoms with Gasteiger partial charge in [0.1, 0.15) is 17.6 Å². The van der Waals surface area contributed by atoms with Gasteiger partial charge in [0, 0.05) is 24.3 Å². The van der Waals surface area contributed by atoms with Gasteiger partial charge in [0.2, 0.25) is 0 Å². The minimum Gasteiger partial charge on any atom is -0.497 e. The number of methoxy groups -OCH3 is 1. The Morgan fingerprint density at radius 3 is 2.35 bits per heavy atom. The summed E-state index contributed by atoms with van der Waals surface area (Å²) in [5.74, 6) is 1.75. The van der Waals surface area contributed by atoms with Crippen molar-refractivity contribution in [2.24, 2.45) is 0 Å². The van der Waals surface area contributed by atoms with Crippen molar-refractivity contribution in [3.63, 3.8) is 0 Å². The highest BCUT2D eigenvalue weighted by Gasteiger charge is 2.25. The monoisotopic (exact) mass is 449 g/mol. The Balaban J connectivity index is 1.45. The molecular formula is C30H27NO3. The van der Waals surface area contributed by atoms with Gasteiger partial charge >= 0.3 is 0 Å². The van der Waals surface area contributed by atoms with Crippen molar-refractivity contribution < 1.29 is 14.2 Å². The van der Waals surface area contributed by atoms with Crippen molar-refractivity contribution in [3.05, 3.63) is 108 Å². The van der Waals surface area contributed by atoms with E-state index in [1.807, 2.05) is 12.1 Å². The summed E-state index contributed by atoms with van der Waals surface area (Å²) in [5, 5.41) is 2.42. The maximum atomic E-state index is 6.53. The number of hydrogen-bond acceptors (Lipinski definition) is 4. The first-order valence-electron chi connectivity index (χ1n) is 11.8. The second kappa shape index (κ2) is 8.88. The van der Waals surface area contributed by atoms with Gasteiger partial charge in [-0.3, -0.25) is 0 Å². The molecule has 4 nitrogen and oxygen atoms in total. The highest BCUT2D eigenvalue weighted by molar-refractivity contribution is 6.01. The molecule has 4 aromatic carbocycles. The third-order valence-corrected chi connectivity index (χ3v) is 6.73. The van der Waals surface area contributed by atoms with E-state index in [1.165, 1.54) is 27.6 Å². The summed E-state index contributed by atoms with van der Waals surface area (Å²) in [6.07, 6.45) is 2.08. The van der Waals surface area contributed by atoms with Crippen molar-refractivity contribution in [1.82, 2.24) is 0 Å². The van der Waals surface area contributed by atoms with Gasteiger partial charge < -0.3 is 19.1 Å². The van der Waals surface area contributed by atoms with Crippen molar-refractivity contribution in [1.29, 1.82) is 0 Å². The van der Waals surface area contributed by atoms with E-state index in [4.69, 9.17) is 14.2 Å². The summed E-state index contributed by atoms with van der Waals surface area (Å²) in [4.78, 5) is 2.38. The molecule has 2 aliphatic heterocycles. The van der Waals surface area contributed by atoms with Crippen LogP contribution in [0.3, 0.4) is 0 Å². The van der Waals surface area contributed by atoms with Crippen LogP contribution in [0.25, 0.3) is 16.3 Å². The number of morpholine rings is 1. The Bertz CT molecular complexity index is 1340. The van der Waals surface area contributed by atoms with Gasteiger partial charge in [-0.05, 0) is 63.9 Å². The average molecular weight is 450 g/mol. The zero-order chi connectivity index (χ0) is 22.9. The van der Waals surface area contributed by atoms with Crippen LogP contribution in [0.1, 0.15) is 22.8 Å². The van der Waals surface area contributed by atoms with E-state index in [9.17, 15) is 0 Å². The summed E-state index contributed by atoms with van der Waals surface area (Å²) in [5.41, 5.74) is 5.89. The predicted molar refractivity (Wildman–Crippen MR) is 137 cm³/mol. The lowest BCUT2D eigenvalue weighted by molar-refractivity contribution is 0.122. The van der Waals surface area contributed by atoms with Crippen molar-refractivity contribution >= 4 is 22.0 Å². The van der Waals surface area contributed by atoms with Crippen molar-refractivity contribution in [2.75, 3.05) is 38.3 Å². The molecule has 6 rings (SSSR count). The number of anilines is 1. The number of benzene rings is 4. The van der Waals surface area contributed by atoms with E-state index in [1.54, 1.807) is 7.11 Å². The molecule has 0 radical (unpaired) electrons. The van der Waals surface area contributed by atoms with Crippen LogP contribution in [0.4, 0.5) is 5.69 Å². The quantitative estimate of drug-likeness (QED) is 0.368. The van der Waals surface area contributed by atoms with E-state index in [0.29, 0.717) is 0 Å². The molecule has 0 amide bonds. The van der Waals surface area contributed by atoms with Crippen LogP contribution >= 0.6 is 0 Å². The molecule has 0 saturated carbocycles. The van der Waals surface area contributed by atoms with Gasteiger partial charge in [0.05, 0.1) is 20.3 Å². The zero-order valence-corrected chi connectivity index (χ0v) is 19.2. The van der Waals surface area contributed by atoms with Gasteiger partial charge in [-0.15, -0.1) is 0 Å². The largest absolute Gasteiger partial charge is 0.497 e. The molecule has 34 heavy (non-hydrogen) atoms. The molecule has 1 atom stereocenters. The standard InChI is InChI=1S/C30H27NO3/c1-32-25-13-8-23(9-14-25)29-20-27(22-6-11-24(12-7-22)31-16-18-33-19-17-31)30-26-5-3-2-4-21(26)10-15-28(30)34-29/h2-15,20,29H,16-19H2,1H3. The molecule has 1 saturated heterocycles. The number of ether oxygens (including phenoxy) is 3. The minimum atomic E-state index is -0.173. The molecule has 1 fully saturated rings. The van der Waals surface area contributed by atoms with E-state index >= 15 is 0 Å². The molecule has 1 unspecified atom stereocenters. The van der Waals surface area contributed by atoms with Gasteiger partial charge in [-0.2, -0.15) is 0 Å². The number of fused-ring (bicyclic) bond motifs is 3. The molecule has 0 aromatic heterocycles. The van der Waals surface area contributed by atoms with Gasteiger partial charge in [-0.25, -0.2) is 0 Å². The topological polar surface area (TPSA) is 30.9 Å². The minimum absolute atomic E-state index is 0.173. The summed E-state index contributed by atoms with van der Waals surface area (Å²) in [6, 6.07) is 29.8. The highest BCUT2D eigenvalue weighted by Crippen LogP contribution is 2.44. The van der Waals surface area contributed by atoms with E-state index < -0.39 is 0 Å². The molecule has 0 spiro atoms. The van der Waals surface area contributed by atoms with Crippen molar-refractivity contribution in [2.45, 2.75) is 6.10 Å². The maximum absolute atomic E-state index is 6.53. The fourth-order valence-corrected chi connectivity index (χ4v) is 4.90. The SMILES string of the molecule is COc1ccc(C2C=C(c3ccc(N4CCOCC4)cc3)c3c(ccc4ccccc34)O2)cc1. The molecule has 0 aliphatic carbocycles. The van der Waals surface area contributed by atoms with Crippen LogP contribution in [-0.4, -0.2) is 33.4 Å². The lowest BCUT2D eigenvalue weighted by Crippen LogP contribution is -2.36. The summed E-state index contributed by atoms with van der Waals surface area (Å²) in [6.45, 7) is 3.44. The lowest BCUT2D eigenvalue weighted by Gasteiger charge is -2.30. The van der Waals surface area contributed by atoms with Gasteiger partial charge in [-0.1, -0.05) is 54.6 Å². The molecule has 0 N–H and O–H groups in total. The van der Waals surface area contributed by atoms with Crippen molar-refractivity contribution in [3.8, 4) is 11.5 Å². The van der Waals surface area contributed by atoms with E-state index in [2.05, 4.69) is 83.8 Å². The van der Waals surface area contributed by atoms with Crippen LogP contribution < -0.4 is 14.4 Å². The van der Waals surface area contributed by atoms with E-state index in [-0.39, 0.29) is 6.10 Å². The number of nitrogens with zero attached hydrogens (tertiary/aromatic N) is 1.